The van der Waals surface area contributed by atoms with Crippen LogP contribution in [0.4, 0.5) is 0 Å². The van der Waals surface area contributed by atoms with Gasteiger partial charge in [0.25, 0.3) is 0 Å². The molecule has 1 amide bonds. The Balaban J connectivity index is 2.23. The van der Waals surface area contributed by atoms with E-state index < -0.39 is 6.10 Å². The van der Waals surface area contributed by atoms with E-state index in [2.05, 4.69) is 5.32 Å². The number of carbonyl (C=O) groups excluding carboxylic acids is 1. The second-order valence-corrected chi connectivity index (χ2v) is 6.04. The molecule has 1 aliphatic heterocycles. The molecule has 2 N–H and O–H groups in total. The number of hydrazine groups is 1. The van der Waals surface area contributed by atoms with Gasteiger partial charge in [0.1, 0.15) is 6.04 Å². The first-order chi connectivity index (χ1) is 11.1. The minimum atomic E-state index is -0.684. The van der Waals surface area contributed by atoms with Crippen LogP contribution in [0.25, 0.3) is 0 Å². The molecule has 0 bridgehead atoms. The zero-order valence-corrected chi connectivity index (χ0v) is 14.1. The first kappa shape index (κ1) is 17.7. The maximum Gasteiger partial charge on any atom is 0.239 e. The number of amides is 1. The lowest BCUT2D eigenvalue weighted by Crippen LogP contribution is -2.58. The van der Waals surface area contributed by atoms with Crippen LogP contribution in [0.2, 0.25) is 0 Å². The Bertz CT molecular complexity index is 530. The van der Waals surface area contributed by atoms with Crippen LogP contribution in [-0.4, -0.2) is 53.8 Å². The van der Waals surface area contributed by atoms with Crippen LogP contribution in [0, 0.1) is 0 Å². The van der Waals surface area contributed by atoms with Crippen molar-refractivity contribution in [1.29, 1.82) is 0 Å². The Labute approximate surface area is 138 Å². The van der Waals surface area contributed by atoms with Crippen LogP contribution in [0.15, 0.2) is 42.5 Å². The summed E-state index contributed by atoms with van der Waals surface area (Å²) < 4.78 is 0. The van der Waals surface area contributed by atoms with Gasteiger partial charge < -0.3 is 10.4 Å². The van der Waals surface area contributed by atoms with E-state index >= 15 is 0 Å². The number of aliphatic hydroxyl groups is 1. The normalized spacial score (nSPS) is 23.0. The lowest BCUT2D eigenvalue weighted by molar-refractivity contribution is -0.141. The summed E-state index contributed by atoms with van der Waals surface area (Å²) in [6.45, 7) is 2.71. The molecule has 23 heavy (non-hydrogen) atoms. The van der Waals surface area contributed by atoms with Crippen molar-refractivity contribution in [2.75, 3.05) is 20.6 Å². The van der Waals surface area contributed by atoms with Gasteiger partial charge in [-0.25, -0.2) is 10.0 Å². The van der Waals surface area contributed by atoms with Crippen molar-refractivity contribution in [2.45, 2.75) is 38.0 Å². The van der Waals surface area contributed by atoms with Crippen molar-refractivity contribution in [3.8, 4) is 0 Å². The summed E-state index contributed by atoms with van der Waals surface area (Å²) in [6, 6.07) is 9.01. The zero-order chi connectivity index (χ0) is 16.8. The lowest BCUT2D eigenvalue weighted by atomic mass is 9.95. The highest BCUT2D eigenvalue weighted by molar-refractivity contribution is 5.82. The molecule has 1 aromatic rings. The first-order valence-electron chi connectivity index (χ1n) is 8.19. The smallest absolute Gasteiger partial charge is 0.239 e. The quantitative estimate of drug-likeness (QED) is 0.785. The molecular formula is C18H27N3O2. The van der Waals surface area contributed by atoms with Crippen LogP contribution in [0.3, 0.4) is 0 Å². The van der Waals surface area contributed by atoms with Gasteiger partial charge in [0.15, 0.2) is 0 Å². The van der Waals surface area contributed by atoms with Gasteiger partial charge in [-0.3, -0.25) is 4.79 Å². The highest BCUT2D eigenvalue weighted by Gasteiger charge is 2.37. The Morgan fingerprint density at radius 3 is 2.70 bits per heavy atom. The van der Waals surface area contributed by atoms with Gasteiger partial charge in [0, 0.05) is 20.6 Å². The van der Waals surface area contributed by atoms with E-state index in [9.17, 15) is 9.90 Å². The SMILES string of the molecule is CCCNC(=O)[C@H]1CC=C[C@@H]([C@@H](O)c2ccccc2)N1N(C)C. The van der Waals surface area contributed by atoms with Gasteiger partial charge in [-0.1, -0.05) is 49.4 Å². The summed E-state index contributed by atoms with van der Waals surface area (Å²) in [4.78, 5) is 12.5. The third-order valence-corrected chi connectivity index (χ3v) is 4.10. The molecule has 1 aromatic carbocycles. The highest BCUT2D eigenvalue weighted by Crippen LogP contribution is 2.28. The molecule has 0 radical (unpaired) electrons. The molecule has 0 aromatic heterocycles. The van der Waals surface area contributed by atoms with Crippen LogP contribution < -0.4 is 5.32 Å². The molecule has 126 valence electrons. The molecule has 0 aliphatic carbocycles. The topological polar surface area (TPSA) is 55.8 Å². The number of hydrogen-bond acceptors (Lipinski definition) is 4. The van der Waals surface area contributed by atoms with E-state index in [1.165, 1.54) is 0 Å². The predicted molar refractivity (Wildman–Crippen MR) is 91.6 cm³/mol. The molecule has 5 heteroatoms. The second-order valence-electron chi connectivity index (χ2n) is 6.04. The summed E-state index contributed by atoms with van der Waals surface area (Å²) in [5.41, 5.74) is 0.851. The summed E-state index contributed by atoms with van der Waals surface area (Å²) in [6.07, 6.45) is 4.85. The van der Waals surface area contributed by atoms with Crippen molar-refractivity contribution < 1.29 is 9.90 Å². The summed E-state index contributed by atoms with van der Waals surface area (Å²) in [7, 11) is 3.81. The molecular weight excluding hydrogens is 290 g/mol. The Kier molecular flexibility index (Phi) is 6.33. The fourth-order valence-corrected chi connectivity index (χ4v) is 2.99. The van der Waals surface area contributed by atoms with E-state index in [0.717, 1.165) is 12.0 Å². The van der Waals surface area contributed by atoms with E-state index in [0.29, 0.717) is 13.0 Å². The maximum atomic E-state index is 12.5. The minimum absolute atomic E-state index is 0.00941. The molecule has 1 aliphatic rings. The summed E-state index contributed by atoms with van der Waals surface area (Å²) in [5.74, 6) is 0.00941. The third kappa shape index (κ3) is 4.19. The molecule has 0 saturated heterocycles. The van der Waals surface area contributed by atoms with Crippen molar-refractivity contribution in [3.63, 3.8) is 0 Å². The number of nitrogens with one attached hydrogen (secondary N) is 1. The molecule has 0 unspecified atom stereocenters. The average Bonchev–Trinajstić information content (AvgIpc) is 2.58. The molecule has 0 fully saturated rings. The number of nitrogens with zero attached hydrogens (tertiary/aromatic N) is 2. The van der Waals surface area contributed by atoms with E-state index in [-0.39, 0.29) is 18.0 Å². The Morgan fingerprint density at radius 1 is 1.39 bits per heavy atom. The van der Waals surface area contributed by atoms with Crippen molar-refractivity contribution >= 4 is 5.91 Å². The van der Waals surface area contributed by atoms with Crippen LogP contribution >= 0.6 is 0 Å². The van der Waals surface area contributed by atoms with Crippen LogP contribution in [-0.2, 0) is 4.79 Å². The van der Waals surface area contributed by atoms with E-state index in [4.69, 9.17) is 0 Å². The van der Waals surface area contributed by atoms with Gasteiger partial charge in [0.05, 0.1) is 12.1 Å². The molecule has 5 nitrogen and oxygen atoms in total. The molecule has 1 heterocycles. The maximum absolute atomic E-state index is 12.5. The van der Waals surface area contributed by atoms with Gasteiger partial charge in [-0.05, 0) is 18.4 Å². The second kappa shape index (κ2) is 8.24. The molecule has 3 atom stereocenters. The number of hydrogen-bond donors (Lipinski definition) is 2. The minimum Gasteiger partial charge on any atom is -0.386 e. The number of rotatable bonds is 6. The third-order valence-electron chi connectivity index (χ3n) is 4.10. The largest absolute Gasteiger partial charge is 0.386 e. The lowest BCUT2D eigenvalue weighted by Gasteiger charge is -2.43. The monoisotopic (exact) mass is 317 g/mol. The van der Waals surface area contributed by atoms with Gasteiger partial charge in [0.2, 0.25) is 5.91 Å². The van der Waals surface area contributed by atoms with E-state index in [1.807, 2.05) is 73.5 Å². The van der Waals surface area contributed by atoms with Crippen LogP contribution in [0.5, 0.6) is 0 Å². The molecule has 0 spiro atoms. The Morgan fingerprint density at radius 2 is 2.09 bits per heavy atom. The van der Waals surface area contributed by atoms with Gasteiger partial charge in [-0.2, -0.15) is 0 Å². The van der Waals surface area contributed by atoms with Crippen molar-refractivity contribution in [3.05, 3.63) is 48.0 Å². The number of benzene rings is 1. The van der Waals surface area contributed by atoms with E-state index in [1.54, 1.807) is 0 Å². The first-order valence-corrected chi connectivity index (χ1v) is 8.19. The number of carbonyl (C=O) groups is 1. The summed E-state index contributed by atoms with van der Waals surface area (Å²) >= 11 is 0. The van der Waals surface area contributed by atoms with Gasteiger partial charge >= 0.3 is 0 Å². The average molecular weight is 317 g/mol. The number of aliphatic hydroxyl groups excluding tert-OH is 1. The standard InChI is InChI=1S/C18H27N3O2/c1-4-13-19-18(23)16-12-8-11-15(21(16)20(2)3)17(22)14-9-6-5-7-10-14/h5-11,15-17,22H,4,12-13H2,1-3H3,(H,19,23)/t15-,16+,17-/m0/s1. The zero-order valence-electron chi connectivity index (χ0n) is 14.1. The molecule has 2 rings (SSSR count). The fraction of sp³-hybridized carbons (Fsp3) is 0.500. The molecule has 0 saturated carbocycles. The van der Waals surface area contributed by atoms with Crippen LogP contribution in [0.1, 0.15) is 31.4 Å². The fourth-order valence-electron chi connectivity index (χ4n) is 2.99. The highest BCUT2D eigenvalue weighted by atomic mass is 16.3. The van der Waals surface area contributed by atoms with Crippen molar-refractivity contribution in [2.24, 2.45) is 0 Å². The Hall–Kier alpha value is -1.69. The van der Waals surface area contributed by atoms with Gasteiger partial charge in [-0.15, -0.1) is 0 Å². The summed E-state index contributed by atoms with van der Waals surface area (Å²) in [5, 5.41) is 17.6. The van der Waals surface area contributed by atoms with Crippen molar-refractivity contribution in [1.82, 2.24) is 15.3 Å². The predicted octanol–water partition coefficient (Wildman–Crippen LogP) is 1.72.